The Morgan fingerprint density at radius 2 is 2.62 bits per heavy atom. The van der Waals surface area contributed by atoms with Gasteiger partial charge in [-0.1, -0.05) is 0 Å². The van der Waals surface area contributed by atoms with Crippen molar-refractivity contribution in [2.45, 2.75) is 25.4 Å². The fourth-order valence-electron chi connectivity index (χ4n) is 1.68. The number of rotatable bonds is 2. The van der Waals surface area contributed by atoms with Gasteiger partial charge in [-0.2, -0.15) is 0 Å². The van der Waals surface area contributed by atoms with Crippen molar-refractivity contribution in [1.29, 1.82) is 0 Å². The van der Waals surface area contributed by atoms with E-state index >= 15 is 0 Å². The molecule has 2 rings (SSSR count). The molecule has 1 aromatic heterocycles. The van der Waals surface area contributed by atoms with Gasteiger partial charge >= 0.3 is 5.69 Å². The first-order valence-electron chi connectivity index (χ1n) is 4.61. The molecular formula is C9H13N3O. The highest BCUT2D eigenvalue weighted by Gasteiger charge is 2.14. The second-order valence-corrected chi connectivity index (χ2v) is 3.35. The van der Waals surface area contributed by atoms with Crippen LogP contribution in [-0.4, -0.2) is 22.1 Å². The van der Waals surface area contributed by atoms with Gasteiger partial charge in [-0.15, -0.1) is 0 Å². The van der Waals surface area contributed by atoms with E-state index < -0.39 is 0 Å². The summed E-state index contributed by atoms with van der Waals surface area (Å²) in [6.07, 6.45) is 5.68. The summed E-state index contributed by atoms with van der Waals surface area (Å²) < 4.78 is 1.66. The lowest BCUT2D eigenvalue weighted by Crippen LogP contribution is -2.32. The van der Waals surface area contributed by atoms with Crippen molar-refractivity contribution in [2.24, 2.45) is 0 Å². The van der Waals surface area contributed by atoms with Crippen LogP contribution in [0.25, 0.3) is 0 Å². The fraction of sp³-hybridized carbons (Fsp3) is 0.556. The van der Waals surface area contributed by atoms with Crippen LogP contribution in [0.5, 0.6) is 0 Å². The first-order chi connectivity index (χ1) is 6.36. The molecule has 0 aromatic carbocycles. The molecule has 1 fully saturated rings. The Morgan fingerprint density at radius 1 is 1.69 bits per heavy atom. The Labute approximate surface area is 76.6 Å². The summed E-state index contributed by atoms with van der Waals surface area (Å²) in [5, 5.41) is 3.34. The molecule has 0 bridgehead atoms. The fourth-order valence-corrected chi connectivity index (χ4v) is 1.68. The van der Waals surface area contributed by atoms with E-state index in [0.29, 0.717) is 6.04 Å². The van der Waals surface area contributed by atoms with Crippen LogP contribution in [0.4, 0.5) is 0 Å². The van der Waals surface area contributed by atoms with Crippen LogP contribution in [0.3, 0.4) is 0 Å². The number of nitrogens with zero attached hydrogens (tertiary/aromatic N) is 2. The zero-order valence-electron chi connectivity index (χ0n) is 7.44. The molecule has 0 aliphatic carbocycles. The predicted molar refractivity (Wildman–Crippen MR) is 49.5 cm³/mol. The monoisotopic (exact) mass is 179 g/mol. The van der Waals surface area contributed by atoms with Crippen molar-refractivity contribution in [2.75, 3.05) is 6.54 Å². The summed E-state index contributed by atoms with van der Waals surface area (Å²) in [6.45, 7) is 1.81. The Bertz CT molecular complexity index is 328. The molecule has 1 aromatic rings. The van der Waals surface area contributed by atoms with Gasteiger partial charge in [0, 0.05) is 25.0 Å². The van der Waals surface area contributed by atoms with Crippen LogP contribution in [0.2, 0.25) is 0 Å². The minimum atomic E-state index is -0.156. The summed E-state index contributed by atoms with van der Waals surface area (Å²) in [6, 6.07) is 2.23. The van der Waals surface area contributed by atoms with E-state index in [1.165, 1.54) is 12.6 Å². The van der Waals surface area contributed by atoms with E-state index in [-0.39, 0.29) is 5.69 Å². The third kappa shape index (κ3) is 1.95. The van der Waals surface area contributed by atoms with Crippen LogP contribution in [-0.2, 0) is 6.54 Å². The zero-order chi connectivity index (χ0) is 9.10. The molecule has 70 valence electrons. The molecule has 0 spiro atoms. The van der Waals surface area contributed by atoms with E-state index in [4.69, 9.17) is 0 Å². The van der Waals surface area contributed by atoms with Crippen LogP contribution >= 0.6 is 0 Å². The van der Waals surface area contributed by atoms with Crippen LogP contribution in [0.1, 0.15) is 12.8 Å². The molecule has 0 amide bonds. The Kier molecular flexibility index (Phi) is 2.40. The average Bonchev–Trinajstić information content (AvgIpc) is 2.61. The lowest BCUT2D eigenvalue weighted by atomic mass is 10.2. The van der Waals surface area contributed by atoms with E-state index in [0.717, 1.165) is 19.5 Å². The lowest BCUT2D eigenvalue weighted by molar-refractivity contribution is 0.493. The lowest BCUT2D eigenvalue weighted by Gasteiger charge is -2.10. The minimum absolute atomic E-state index is 0.156. The van der Waals surface area contributed by atoms with Crippen LogP contribution < -0.4 is 11.0 Å². The average molecular weight is 179 g/mol. The summed E-state index contributed by atoms with van der Waals surface area (Å²) in [5.41, 5.74) is -0.156. The van der Waals surface area contributed by atoms with Gasteiger partial charge < -0.3 is 5.32 Å². The van der Waals surface area contributed by atoms with E-state index in [1.54, 1.807) is 16.8 Å². The summed E-state index contributed by atoms with van der Waals surface area (Å²) in [4.78, 5) is 14.9. The standard InChI is InChI=1S/C9H13N3O/c13-9-11-5-2-6-12(9)7-8-3-1-4-10-8/h2,5-6,8,10H,1,3-4,7H2/t8-/m1/s1. The highest BCUT2D eigenvalue weighted by molar-refractivity contribution is 4.84. The largest absolute Gasteiger partial charge is 0.347 e. The zero-order valence-corrected chi connectivity index (χ0v) is 7.44. The molecule has 1 N–H and O–H groups in total. The summed E-state index contributed by atoms with van der Waals surface area (Å²) in [5.74, 6) is 0. The minimum Gasteiger partial charge on any atom is -0.312 e. The maximum Gasteiger partial charge on any atom is 0.347 e. The van der Waals surface area contributed by atoms with Gasteiger partial charge in [-0.25, -0.2) is 9.78 Å². The molecule has 4 heteroatoms. The second kappa shape index (κ2) is 3.70. The molecule has 1 atom stereocenters. The number of hydrogen-bond donors (Lipinski definition) is 1. The Balaban J connectivity index is 2.08. The molecule has 1 aliphatic heterocycles. The highest BCUT2D eigenvalue weighted by atomic mass is 16.1. The van der Waals surface area contributed by atoms with Crippen molar-refractivity contribution in [3.63, 3.8) is 0 Å². The van der Waals surface area contributed by atoms with Gasteiger partial charge in [0.15, 0.2) is 0 Å². The Morgan fingerprint density at radius 3 is 3.31 bits per heavy atom. The van der Waals surface area contributed by atoms with Crippen molar-refractivity contribution in [1.82, 2.24) is 14.9 Å². The molecule has 0 radical (unpaired) electrons. The van der Waals surface area contributed by atoms with E-state index in [2.05, 4.69) is 10.3 Å². The SMILES string of the molecule is O=c1ncccn1C[C@H]1CCCN1. The van der Waals surface area contributed by atoms with Gasteiger partial charge in [0.25, 0.3) is 0 Å². The molecule has 1 saturated heterocycles. The van der Waals surface area contributed by atoms with Crippen molar-refractivity contribution >= 4 is 0 Å². The molecule has 1 aliphatic rings. The maximum absolute atomic E-state index is 11.2. The molecular weight excluding hydrogens is 166 g/mol. The van der Waals surface area contributed by atoms with Crippen molar-refractivity contribution in [3.8, 4) is 0 Å². The third-order valence-electron chi connectivity index (χ3n) is 2.36. The van der Waals surface area contributed by atoms with Crippen LogP contribution in [0, 0.1) is 0 Å². The summed E-state index contributed by atoms with van der Waals surface area (Å²) >= 11 is 0. The Hall–Kier alpha value is -1.16. The van der Waals surface area contributed by atoms with Gasteiger partial charge in [-0.05, 0) is 25.5 Å². The summed E-state index contributed by atoms with van der Waals surface area (Å²) in [7, 11) is 0. The van der Waals surface area contributed by atoms with Gasteiger partial charge in [0.2, 0.25) is 0 Å². The predicted octanol–water partition coefficient (Wildman–Crippen LogP) is -0.00470. The first kappa shape index (κ1) is 8.44. The van der Waals surface area contributed by atoms with Gasteiger partial charge in [-0.3, -0.25) is 4.57 Å². The first-order valence-corrected chi connectivity index (χ1v) is 4.61. The quantitative estimate of drug-likeness (QED) is 0.695. The van der Waals surface area contributed by atoms with Crippen molar-refractivity contribution < 1.29 is 0 Å². The maximum atomic E-state index is 11.2. The molecule has 4 nitrogen and oxygen atoms in total. The molecule has 13 heavy (non-hydrogen) atoms. The van der Waals surface area contributed by atoms with Crippen molar-refractivity contribution in [3.05, 3.63) is 28.9 Å². The second-order valence-electron chi connectivity index (χ2n) is 3.35. The third-order valence-corrected chi connectivity index (χ3v) is 2.36. The molecule has 0 unspecified atom stereocenters. The van der Waals surface area contributed by atoms with E-state index in [9.17, 15) is 4.79 Å². The number of aromatic nitrogens is 2. The topological polar surface area (TPSA) is 46.9 Å². The van der Waals surface area contributed by atoms with Gasteiger partial charge in [0.1, 0.15) is 0 Å². The van der Waals surface area contributed by atoms with Gasteiger partial charge in [0.05, 0.1) is 0 Å². The number of hydrogen-bond acceptors (Lipinski definition) is 3. The molecule has 2 heterocycles. The van der Waals surface area contributed by atoms with E-state index in [1.807, 2.05) is 0 Å². The smallest absolute Gasteiger partial charge is 0.312 e. The highest BCUT2D eigenvalue weighted by Crippen LogP contribution is 2.05. The molecule has 0 saturated carbocycles. The van der Waals surface area contributed by atoms with Crippen LogP contribution in [0.15, 0.2) is 23.3 Å². The number of nitrogens with one attached hydrogen (secondary N) is 1. The normalized spacial score (nSPS) is 22.0.